The van der Waals surface area contributed by atoms with E-state index in [1.165, 1.54) is 16.8 Å². The van der Waals surface area contributed by atoms with Crippen LogP contribution in [0, 0.1) is 0 Å². The van der Waals surface area contributed by atoms with Crippen molar-refractivity contribution in [2.45, 2.75) is 102 Å². The lowest BCUT2D eigenvalue weighted by atomic mass is 9.89. The van der Waals surface area contributed by atoms with Crippen molar-refractivity contribution in [1.29, 1.82) is 0 Å². The zero-order valence-electron chi connectivity index (χ0n) is 23.5. The zero-order valence-corrected chi connectivity index (χ0v) is 26.3. The largest absolute Gasteiger partial charge is 0.414 e. The average Bonchev–Trinajstić information content (AvgIpc) is 3.11. The van der Waals surface area contributed by atoms with E-state index < -0.39 is 56.5 Å². The van der Waals surface area contributed by atoms with E-state index in [0.717, 1.165) is 5.41 Å². The standard InChI is InChI=1S/C23H42N4O7SSi2/c1-21(2,3)36(7,8)31-13-16-23(15(24)14-35(29,30)34-23)18(33-37(9,10)22(4,5)6)19(32-16)27-12-11-17(25)26-20(27)28/h11-12,14,16,18-19H,13,24H2,1-10H3,(H2,25,26,28)/t16-,18+,19-,23-/m1/s1. The molecule has 0 aliphatic carbocycles. The van der Waals surface area contributed by atoms with Gasteiger partial charge in [0.25, 0.3) is 10.1 Å². The number of nitrogens with two attached hydrogens (primary N) is 2. The molecule has 1 spiro atoms. The molecule has 1 fully saturated rings. The van der Waals surface area contributed by atoms with Gasteiger partial charge in [-0.3, -0.25) is 4.57 Å². The van der Waals surface area contributed by atoms with E-state index in [9.17, 15) is 13.2 Å². The van der Waals surface area contributed by atoms with Crippen molar-refractivity contribution in [3.8, 4) is 0 Å². The van der Waals surface area contributed by atoms with Gasteiger partial charge in [0.1, 0.15) is 18.0 Å². The van der Waals surface area contributed by atoms with Crippen molar-refractivity contribution in [3.63, 3.8) is 0 Å². The molecule has 14 heteroatoms. The summed E-state index contributed by atoms with van der Waals surface area (Å²) in [5, 5.41) is 0.524. The molecule has 1 saturated heterocycles. The molecule has 2 aliphatic heterocycles. The number of nitrogen functional groups attached to an aromatic ring is 1. The zero-order chi connectivity index (χ0) is 28.4. The predicted octanol–water partition coefficient (Wildman–Crippen LogP) is 3.03. The maximum absolute atomic E-state index is 12.9. The molecular formula is C23H42N4O7SSi2. The molecule has 0 bridgehead atoms. The lowest BCUT2D eigenvalue weighted by Crippen LogP contribution is -2.59. The summed E-state index contributed by atoms with van der Waals surface area (Å²) in [6.45, 7) is 20.6. The van der Waals surface area contributed by atoms with E-state index in [4.69, 9.17) is 29.2 Å². The van der Waals surface area contributed by atoms with Crippen molar-refractivity contribution in [1.82, 2.24) is 9.55 Å². The van der Waals surface area contributed by atoms with Crippen LogP contribution in [0.25, 0.3) is 0 Å². The van der Waals surface area contributed by atoms with Crippen LogP contribution in [0.3, 0.4) is 0 Å². The molecule has 1 aromatic heterocycles. The number of hydrogen-bond donors (Lipinski definition) is 2. The quantitative estimate of drug-likeness (QED) is 0.382. The summed E-state index contributed by atoms with van der Waals surface area (Å²) < 4.78 is 52.2. The van der Waals surface area contributed by atoms with Gasteiger partial charge in [-0.2, -0.15) is 13.4 Å². The number of nitrogens with zero attached hydrogens (tertiary/aromatic N) is 2. The lowest BCUT2D eigenvalue weighted by molar-refractivity contribution is -0.0562. The van der Waals surface area contributed by atoms with Crippen LogP contribution in [-0.4, -0.2) is 59.0 Å². The molecule has 0 amide bonds. The molecule has 0 radical (unpaired) electrons. The summed E-state index contributed by atoms with van der Waals surface area (Å²) in [6, 6.07) is 1.46. The van der Waals surface area contributed by atoms with Gasteiger partial charge < -0.3 is 25.1 Å². The van der Waals surface area contributed by atoms with Gasteiger partial charge in [0.15, 0.2) is 28.5 Å². The first-order valence-corrected chi connectivity index (χ1v) is 19.6. The first kappa shape index (κ1) is 30.0. The van der Waals surface area contributed by atoms with E-state index in [1.54, 1.807) is 0 Å². The minimum atomic E-state index is -4.15. The van der Waals surface area contributed by atoms with Gasteiger partial charge in [0, 0.05) is 6.20 Å². The van der Waals surface area contributed by atoms with E-state index in [2.05, 4.69) is 59.6 Å². The van der Waals surface area contributed by atoms with Crippen LogP contribution in [0.2, 0.25) is 36.3 Å². The topological polar surface area (TPSA) is 158 Å². The second-order valence-corrected chi connectivity index (χ2v) is 23.8. The second kappa shape index (κ2) is 9.28. The SMILES string of the molecule is CC(C)(C)[Si](C)(C)OC[C@H]1O[C@@H](n2ccc(N)nc2=O)[C@H](O[Si](C)(C)C(C)(C)C)[C@]12OS(=O)(=O)C=C2N. The third-order valence-electron chi connectivity index (χ3n) is 8.20. The Morgan fingerprint density at radius 1 is 1.08 bits per heavy atom. The molecule has 3 heterocycles. The highest BCUT2D eigenvalue weighted by atomic mass is 32.2. The molecule has 3 rings (SSSR count). The minimum absolute atomic E-state index is 0.00837. The fraction of sp³-hybridized carbons (Fsp3) is 0.739. The van der Waals surface area contributed by atoms with Crippen molar-refractivity contribution in [2.24, 2.45) is 5.73 Å². The molecule has 210 valence electrons. The smallest absolute Gasteiger partial charge is 0.351 e. The van der Waals surface area contributed by atoms with Crippen LogP contribution in [0.4, 0.5) is 5.82 Å². The van der Waals surface area contributed by atoms with Gasteiger partial charge in [-0.15, -0.1) is 0 Å². The molecule has 11 nitrogen and oxygen atoms in total. The van der Waals surface area contributed by atoms with Gasteiger partial charge in [-0.25, -0.2) is 8.98 Å². The van der Waals surface area contributed by atoms with Gasteiger partial charge in [0.2, 0.25) is 0 Å². The number of hydrogen-bond acceptors (Lipinski definition) is 10. The summed E-state index contributed by atoms with van der Waals surface area (Å²) in [5.41, 5.74) is 9.69. The first-order chi connectivity index (χ1) is 16.5. The Hall–Kier alpha value is -1.56. The summed E-state index contributed by atoms with van der Waals surface area (Å²) in [7, 11) is -9.03. The Morgan fingerprint density at radius 2 is 1.65 bits per heavy atom. The van der Waals surface area contributed by atoms with Crippen LogP contribution >= 0.6 is 0 Å². The van der Waals surface area contributed by atoms with Crippen LogP contribution in [-0.2, 0) is 27.9 Å². The van der Waals surface area contributed by atoms with Gasteiger partial charge in [-0.05, 0) is 42.3 Å². The highest BCUT2D eigenvalue weighted by molar-refractivity contribution is 7.90. The monoisotopic (exact) mass is 574 g/mol. The van der Waals surface area contributed by atoms with Gasteiger partial charge in [-0.1, -0.05) is 41.5 Å². The molecule has 2 aliphatic rings. The average molecular weight is 575 g/mol. The highest BCUT2D eigenvalue weighted by Gasteiger charge is 2.67. The first-order valence-electron chi connectivity index (χ1n) is 12.3. The molecule has 0 saturated carbocycles. The molecule has 37 heavy (non-hydrogen) atoms. The van der Waals surface area contributed by atoms with E-state index >= 15 is 0 Å². The van der Waals surface area contributed by atoms with E-state index in [1.807, 2.05) is 13.1 Å². The van der Waals surface area contributed by atoms with Crippen LogP contribution in [0.15, 0.2) is 28.2 Å². The lowest BCUT2D eigenvalue weighted by Gasteiger charge is -2.43. The Balaban J connectivity index is 2.20. The van der Waals surface area contributed by atoms with E-state index in [0.29, 0.717) is 0 Å². The van der Waals surface area contributed by atoms with Crippen molar-refractivity contribution in [2.75, 3.05) is 12.3 Å². The summed E-state index contributed by atoms with van der Waals surface area (Å²) >= 11 is 0. The highest BCUT2D eigenvalue weighted by Crippen LogP contribution is 2.52. The molecule has 1 aromatic rings. The molecular weight excluding hydrogens is 533 g/mol. The van der Waals surface area contributed by atoms with Crippen LogP contribution in [0.5, 0.6) is 0 Å². The predicted molar refractivity (Wildman–Crippen MR) is 147 cm³/mol. The number of anilines is 1. The van der Waals surface area contributed by atoms with Crippen molar-refractivity contribution >= 4 is 32.6 Å². The Labute approximate surface area is 221 Å². The third-order valence-corrected chi connectivity index (χ3v) is 18.2. The summed E-state index contributed by atoms with van der Waals surface area (Å²) in [4.78, 5) is 16.8. The normalized spacial score (nSPS) is 28.6. The second-order valence-electron chi connectivity index (χ2n) is 12.9. The van der Waals surface area contributed by atoms with Gasteiger partial charge in [0.05, 0.1) is 17.7 Å². The van der Waals surface area contributed by atoms with E-state index in [-0.39, 0.29) is 28.2 Å². The summed E-state index contributed by atoms with van der Waals surface area (Å²) in [5.74, 6) is 0.0488. The number of aromatic nitrogens is 2. The van der Waals surface area contributed by atoms with Crippen molar-refractivity contribution in [3.05, 3.63) is 33.9 Å². The van der Waals surface area contributed by atoms with Crippen LogP contribution < -0.4 is 17.2 Å². The molecule has 0 aromatic carbocycles. The minimum Gasteiger partial charge on any atom is -0.414 e. The molecule has 4 atom stereocenters. The maximum Gasteiger partial charge on any atom is 0.351 e. The molecule has 0 unspecified atom stereocenters. The van der Waals surface area contributed by atoms with Crippen molar-refractivity contribution < 1.29 is 26.2 Å². The number of ether oxygens (including phenoxy) is 1. The van der Waals surface area contributed by atoms with Crippen LogP contribution in [0.1, 0.15) is 47.8 Å². The Bertz CT molecular complexity index is 1230. The number of rotatable bonds is 6. The summed E-state index contributed by atoms with van der Waals surface area (Å²) in [6.07, 6.45) is -1.72. The Morgan fingerprint density at radius 3 is 2.11 bits per heavy atom. The maximum atomic E-state index is 12.9. The van der Waals surface area contributed by atoms with Gasteiger partial charge >= 0.3 is 5.69 Å². The molecule has 4 N–H and O–H groups in total. The fourth-order valence-electron chi connectivity index (χ4n) is 3.83. The Kier molecular flexibility index (Phi) is 7.52. The fourth-order valence-corrected chi connectivity index (χ4v) is 7.34. The third kappa shape index (κ3) is 5.47.